The van der Waals surface area contributed by atoms with E-state index in [1.54, 1.807) is 31.3 Å². The summed E-state index contributed by atoms with van der Waals surface area (Å²) in [5, 5.41) is 23.2. The number of aromatic hydroxyl groups is 1. The molecule has 0 atom stereocenters. The minimum Gasteiger partial charge on any atom is -0.504 e. The van der Waals surface area contributed by atoms with Crippen LogP contribution in [0.3, 0.4) is 0 Å². The smallest absolute Gasteiger partial charge is 0.161 e. The van der Waals surface area contributed by atoms with Crippen LogP contribution in [0.5, 0.6) is 11.5 Å². The van der Waals surface area contributed by atoms with Crippen molar-refractivity contribution in [3.05, 3.63) is 30.1 Å². The van der Waals surface area contributed by atoms with Crippen LogP contribution in [0.1, 0.15) is 12.6 Å². The van der Waals surface area contributed by atoms with Gasteiger partial charge in [-0.2, -0.15) is 0 Å². The zero-order valence-electron chi connectivity index (χ0n) is 9.51. The minimum atomic E-state index is 0.0655. The predicted octanol–water partition coefficient (Wildman–Crippen LogP) is 2.15. The summed E-state index contributed by atoms with van der Waals surface area (Å²) in [6.07, 6.45) is 1.60. The fourth-order valence-electron chi connectivity index (χ4n) is 1.69. The molecule has 0 aliphatic heterocycles. The van der Waals surface area contributed by atoms with Crippen molar-refractivity contribution in [2.75, 3.05) is 7.11 Å². The van der Waals surface area contributed by atoms with Crippen LogP contribution in [0.15, 0.2) is 29.6 Å². The zero-order valence-corrected chi connectivity index (χ0v) is 9.51. The zero-order chi connectivity index (χ0) is 12.4. The third-order valence-electron chi connectivity index (χ3n) is 2.56. The number of fused-ring (bicyclic) bond motifs is 1. The van der Waals surface area contributed by atoms with E-state index in [2.05, 4.69) is 10.1 Å². The van der Waals surface area contributed by atoms with Gasteiger partial charge in [-0.05, 0) is 30.5 Å². The molecular weight excluding hydrogens is 220 g/mol. The first-order chi connectivity index (χ1) is 8.17. The van der Waals surface area contributed by atoms with Gasteiger partial charge in [0.15, 0.2) is 11.5 Å². The number of phenols is 1. The van der Waals surface area contributed by atoms with Crippen LogP contribution in [0, 0.1) is 0 Å². The largest absolute Gasteiger partial charge is 0.504 e. The summed E-state index contributed by atoms with van der Waals surface area (Å²) in [5.41, 5.74) is 0.964. The van der Waals surface area contributed by atoms with Crippen molar-refractivity contribution in [1.29, 1.82) is 0 Å². The molecule has 17 heavy (non-hydrogen) atoms. The van der Waals surface area contributed by atoms with Crippen LogP contribution in [0.25, 0.3) is 10.8 Å². The monoisotopic (exact) mass is 232 g/mol. The summed E-state index contributed by atoms with van der Waals surface area (Å²) >= 11 is 0. The fourth-order valence-corrected chi connectivity index (χ4v) is 1.69. The number of phenolic OH excluding ortho intramolecular Hbond substituents is 1. The van der Waals surface area contributed by atoms with Gasteiger partial charge in [0.1, 0.15) is 5.71 Å². The maximum atomic E-state index is 9.67. The number of methoxy groups -OCH3 is 1. The average Bonchev–Trinajstić information content (AvgIpc) is 2.36. The molecule has 5 nitrogen and oxygen atoms in total. The van der Waals surface area contributed by atoms with E-state index in [4.69, 9.17) is 9.94 Å². The highest BCUT2D eigenvalue weighted by Crippen LogP contribution is 2.32. The number of benzene rings is 1. The first-order valence-electron chi connectivity index (χ1n) is 5.02. The number of ether oxygens (including phenoxy) is 1. The van der Waals surface area contributed by atoms with Crippen LogP contribution >= 0.6 is 0 Å². The third-order valence-corrected chi connectivity index (χ3v) is 2.56. The predicted molar refractivity (Wildman–Crippen MR) is 64.0 cm³/mol. The summed E-state index contributed by atoms with van der Waals surface area (Å²) < 4.78 is 5.04. The molecule has 1 aromatic carbocycles. The molecule has 0 saturated heterocycles. The normalized spacial score (nSPS) is 11.8. The Labute approximate surface area is 98.0 Å². The molecule has 0 amide bonds. The maximum absolute atomic E-state index is 9.67. The second kappa shape index (κ2) is 4.29. The second-order valence-electron chi connectivity index (χ2n) is 3.59. The molecule has 0 radical (unpaired) electrons. The summed E-state index contributed by atoms with van der Waals surface area (Å²) in [6.45, 7) is 1.65. The molecule has 0 saturated carbocycles. The number of oxime groups is 1. The van der Waals surface area contributed by atoms with Crippen molar-refractivity contribution in [1.82, 2.24) is 4.98 Å². The number of hydrogen-bond donors (Lipinski definition) is 2. The molecule has 88 valence electrons. The van der Waals surface area contributed by atoms with E-state index >= 15 is 0 Å². The average molecular weight is 232 g/mol. The lowest BCUT2D eigenvalue weighted by atomic mass is 10.1. The van der Waals surface area contributed by atoms with E-state index in [1.165, 1.54) is 7.11 Å². The highest BCUT2D eigenvalue weighted by Gasteiger charge is 2.10. The van der Waals surface area contributed by atoms with E-state index in [9.17, 15) is 5.11 Å². The number of rotatable bonds is 2. The Morgan fingerprint density at radius 1 is 1.41 bits per heavy atom. The molecule has 1 heterocycles. The van der Waals surface area contributed by atoms with E-state index < -0.39 is 0 Å². The lowest BCUT2D eigenvalue weighted by Crippen LogP contribution is -1.99. The van der Waals surface area contributed by atoms with Gasteiger partial charge < -0.3 is 15.1 Å². The molecule has 2 N–H and O–H groups in total. The van der Waals surface area contributed by atoms with Gasteiger partial charge in [-0.1, -0.05) is 5.16 Å². The topological polar surface area (TPSA) is 74.9 Å². The van der Waals surface area contributed by atoms with Crippen LogP contribution < -0.4 is 4.74 Å². The molecule has 0 fully saturated rings. The van der Waals surface area contributed by atoms with Crippen molar-refractivity contribution in [2.24, 2.45) is 5.16 Å². The van der Waals surface area contributed by atoms with E-state index in [0.29, 0.717) is 17.2 Å². The first kappa shape index (κ1) is 11.2. The van der Waals surface area contributed by atoms with Crippen LogP contribution in [-0.4, -0.2) is 28.1 Å². The number of nitrogens with zero attached hydrogens (tertiary/aromatic N) is 2. The number of pyridine rings is 1. The highest BCUT2D eigenvalue weighted by atomic mass is 16.5. The van der Waals surface area contributed by atoms with Gasteiger partial charge in [0.25, 0.3) is 0 Å². The molecule has 1 aromatic heterocycles. The molecular formula is C12H12N2O3. The second-order valence-corrected chi connectivity index (χ2v) is 3.59. The van der Waals surface area contributed by atoms with Crippen LogP contribution in [0.2, 0.25) is 0 Å². The Hall–Kier alpha value is -2.30. The molecule has 0 unspecified atom stereocenters. The minimum absolute atomic E-state index is 0.0655. The lowest BCUT2D eigenvalue weighted by molar-refractivity contribution is 0.319. The molecule has 2 aromatic rings. The Morgan fingerprint density at radius 3 is 2.82 bits per heavy atom. The molecule has 0 spiro atoms. The van der Waals surface area contributed by atoms with Crippen molar-refractivity contribution >= 4 is 16.5 Å². The molecule has 0 aliphatic carbocycles. The van der Waals surface area contributed by atoms with E-state index in [1.807, 2.05) is 0 Å². The highest BCUT2D eigenvalue weighted by molar-refractivity contribution is 6.08. The van der Waals surface area contributed by atoms with E-state index in [0.717, 1.165) is 10.8 Å². The summed E-state index contributed by atoms with van der Waals surface area (Å²) in [6, 6.07) is 5.02. The molecule has 5 heteroatoms. The van der Waals surface area contributed by atoms with Crippen molar-refractivity contribution in [2.45, 2.75) is 6.92 Å². The van der Waals surface area contributed by atoms with Crippen molar-refractivity contribution in [3.63, 3.8) is 0 Å². The Balaban J connectivity index is 2.79. The van der Waals surface area contributed by atoms with Gasteiger partial charge in [0.2, 0.25) is 0 Å². The van der Waals surface area contributed by atoms with Gasteiger partial charge in [0, 0.05) is 11.6 Å². The van der Waals surface area contributed by atoms with Gasteiger partial charge in [0.05, 0.1) is 12.8 Å². The fraction of sp³-hybridized carbons (Fsp3) is 0.167. The molecule has 2 rings (SSSR count). The first-order valence-corrected chi connectivity index (χ1v) is 5.02. The number of aromatic nitrogens is 1. The lowest BCUT2D eigenvalue weighted by Gasteiger charge is -2.08. The van der Waals surface area contributed by atoms with Gasteiger partial charge in [-0.25, -0.2) is 0 Å². The van der Waals surface area contributed by atoms with Crippen molar-refractivity contribution < 1.29 is 15.1 Å². The van der Waals surface area contributed by atoms with Crippen LogP contribution in [0.4, 0.5) is 0 Å². The Bertz CT molecular complexity index is 594. The SMILES string of the molecule is COc1cc2c(C(C)=NO)nccc2cc1O. The third kappa shape index (κ3) is 1.87. The molecule has 0 bridgehead atoms. The summed E-state index contributed by atoms with van der Waals surface area (Å²) in [5.74, 6) is 0.424. The molecule has 0 aliphatic rings. The standard InChI is InChI=1S/C12H12N2O3/c1-7(14-16)12-9-6-11(17-2)10(15)5-8(9)3-4-13-12/h3-6,15-16H,1-2H3. The number of hydrogen-bond acceptors (Lipinski definition) is 5. The van der Waals surface area contributed by atoms with Gasteiger partial charge >= 0.3 is 0 Å². The van der Waals surface area contributed by atoms with Crippen LogP contribution in [-0.2, 0) is 0 Å². The Morgan fingerprint density at radius 2 is 2.18 bits per heavy atom. The summed E-state index contributed by atoms with van der Waals surface area (Å²) in [7, 11) is 1.48. The Kier molecular flexibility index (Phi) is 2.82. The van der Waals surface area contributed by atoms with E-state index in [-0.39, 0.29) is 5.75 Å². The van der Waals surface area contributed by atoms with Gasteiger partial charge in [-0.3, -0.25) is 4.98 Å². The quantitative estimate of drug-likeness (QED) is 0.472. The van der Waals surface area contributed by atoms with Gasteiger partial charge in [-0.15, -0.1) is 0 Å². The summed E-state index contributed by atoms with van der Waals surface area (Å²) in [4.78, 5) is 4.15. The maximum Gasteiger partial charge on any atom is 0.161 e. The van der Waals surface area contributed by atoms with Crippen molar-refractivity contribution in [3.8, 4) is 11.5 Å².